The Labute approximate surface area is 85.6 Å². The quantitative estimate of drug-likeness (QED) is 0.658. The monoisotopic (exact) mass is 196 g/mol. The van der Waals surface area contributed by atoms with Crippen LogP contribution in [0.4, 0.5) is 0 Å². The van der Waals surface area contributed by atoms with E-state index in [0.717, 1.165) is 25.7 Å². The zero-order valence-electron chi connectivity index (χ0n) is 8.60. The average Bonchev–Trinajstić information content (AvgIpc) is 2.27. The van der Waals surface area contributed by atoms with Gasteiger partial charge in [-0.3, -0.25) is 0 Å². The molecule has 2 aliphatic rings. The zero-order chi connectivity index (χ0) is 9.97. The first-order chi connectivity index (χ1) is 6.86. The second kappa shape index (κ2) is 4.45. The highest BCUT2D eigenvalue weighted by Crippen LogP contribution is 2.44. The predicted molar refractivity (Wildman–Crippen MR) is 55.7 cm³/mol. The van der Waals surface area contributed by atoms with Gasteiger partial charge in [-0.1, -0.05) is 12.2 Å². The molecule has 0 aliphatic heterocycles. The molecule has 1 saturated carbocycles. The van der Waals surface area contributed by atoms with Crippen LogP contribution in [-0.4, -0.2) is 23.4 Å². The fourth-order valence-corrected chi connectivity index (χ4v) is 3.25. The summed E-state index contributed by atoms with van der Waals surface area (Å²) in [7, 11) is 0. The van der Waals surface area contributed by atoms with Crippen LogP contribution in [0.15, 0.2) is 12.2 Å². The van der Waals surface area contributed by atoms with Crippen molar-refractivity contribution in [2.24, 2.45) is 23.7 Å². The van der Waals surface area contributed by atoms with Crippen molar-refractivity contribution < 1.29 is 10.2 Å². The highest BCUT2D eigenvalue weighted by Gasteiger charge is 2.38. The van der Waals surface area contributed by atoms with Gasteiger partial charge in [-0.15, -0.1) is 0 Å². The fraction of sp³-hybridized carbons (Fsp3) is 0.833. The molecule has 80 valence electrons. The van der Waals surface area contributed by atoms with Gasteiger partial charge in [-0.2, -0.15) is 0 Å². The standard InChI is InChI=1S/C12H20O2/c13-7-9-5-6-10(8-14)12-4-2-1-3-11(9)12/h1-2,9-14H,3-8H2. The Morgan fingerprint density at radius 3 is 1.64 bits per heavy atom. The van der Waals surface area contributed by atoms with E-state index in [4.69, 9.17) is 0 Å². The van der Waals surface area contributed by atoms with Crippen molar-refractivity contribution in [2.45, 2.75) is 25.7 Å². The van der Waals surface area contributed by atoms with Gasteiger partial charge in [-0.25, -0.2) is 0 Å². The summed E-state index contributed by atoms with van der Waals surface area (Å²) in [4.78, 5) is 0. The Morgan fingerprint density at radius 2 is 1.29 bits per heavy atom. The first kappa shape index (κ1) is 10.2. The number of allylic oxidation sites excluding steroid dienone is 2. The molecule has 0 aromatic carbocycles. The molecular formula is C12H20O2. The molecule has 2 nitrogen and oxygen atoms in total. The molecule has 0 heterocycles. The van der Waals surface area contributed by atoms with Crippen molar-refractivity contribution in [2.75, 3.05) is 13.2 Å². The van der Waals surface area contributed by atoms with Crippen LogP contribution in [0.1, 0.15) is 25.7 Å². The van der Waals surface area contributed by atoms with Crippen molar-refractivity contribution in [3.63, 3.8) is 0 Å². The summed E-state index contributed by atoms with van der Waals surface area (Å²) in [6.45, 7) is 0.653. The van der Waals surface area contributed by atoms with Crippen molar-refractivity contribution >= 4 is 0 Å². The Balaban J connectivity index is 2.10. The predicted octanol–water partition coefficient (Wildman–Crippen LogP) is 1.58. The zero-order valence-corrected chi connectivity index (χ0v) is 8.60. The summed E-state index contributed by atoms with van der Waals surface area (Å²) in [6.07, 6.45) is 8.87. The molecule has 0 aromatic heterocycles. The van der Waals surface area contributed by atoms with Gasteiger partial charge in [0.15, 0.2) is 0 Å². The van der Waals surface area contributed by atoms with Crippen LogP contribution in [0.2, 0.25) is 0 Å². The lowest BCUT2D eigenvalue weighted by atomic mass is 9.63. The molecule has 4 unspecified atom stereocenters. The maximum absolute atomic E-state index is 9.30. The molecule has 1 fully saturated rings. The number of rotatable bonds is 2. The van der Waals surface area contributed by atoms with Crippen LogP contribution in [0.5, 0.6) is 0 Å². The molecule has 0 spiro atoms. The molecule has 0 amide bonds. The normalized spacial score (nSPS) is 42.1. The van der Waals surface area contributed by atoms with Gasteiger partial charge in [0.1, 0.15) is 0 Å². The first-order valence-electron chi connectivity index (χ1n) is 5.73. The van der Waals surface area contributed by atoms with Crippen LogP contribution in [0, 0.1) is 23.7 Å². The van der Waals surface area contributed by atoms with Crippen molar-refractivity contribution in [3.8, 4) is 0 Å². The number of hydrogen-bond acceptors (Lipinski definition) is 2. The largest absolute Gasteiger partial charge is 0.396 e. The topological polar surface area (TPSA) is 40.5 Å². The summed E-state index contributed by atoms with van der Waals surface area (Å²) in [5.74, 6) is 2.20. The lowest BCUT2D eigenvalue weighted by molar-refractivity contribution is 0.0226. The summed E-state index contributed by atoms with van der Waals surface area (Å²) in [5, 5.41) is 18.6. The molecule has 2 N–H and O–H groups in total. The van der Waals surface area contributed by atoms with Crippen molar-refractivity contribution in [1.82, 2.24) is 0 Å². The van der Waals surface area contributed by atoms with Gasteiger partial charge in [0.05, 0.1) is 0 Å². The third kappa shape index (κ3) is 1.73. The maximum Gasteiger partial charge on any atom is 0.0462 e. The smallest absolute Gasteiger partial charge is 0.0462 e. The Bertz CT molecular complexity index is 190. The minimum Gasteiger partial charge on any atom is -0.396 e. The minimum absolute atomic E-state index is 0.327. The van der Waals surface area contributed by atoms with E-state index in [1.807, 2.05) is 0 Å². The van der Waals surface area contributed by atoms with Crippen LogP contribution < -0.4 is 0 Å². The molecule has 0 radical (unpaired) electrons. The minimum atomic E-state index is 0.327. The Morgan fingerprint density at radius 1 is 0.857 bits per heavy atom. The number of hydrogen-bond donors (Lipinski definition) is 2. The second-order valence-corrected chi connectivity index (χ2v) is 4.73. The van der Waals surface area contributed by atoms with Gasteiger partial charge in [0.2, 0.25) is 0 Å². The molecule has 0 bridgehead atoms. The maximum atomic E-state index is 9.30. The molecule has 2 aliphatic carbocycles. The third-order valence-corrected chi connectivity index (χ3v) is 4.12. The SMILES string of the molecule is OCC1CCC(CO)C2CC=CCC12. The third-order valence-electron chi connectivity index (χ3n) is 4.12. The molecular weight excluding hydrogens is 176 g/mol. The lowest BCUT2D eigenvalue weighted by Crippen LogP contribution is -2.38. The summed E-state index contributed by atoms with van der Waals surface area (Å²) >= 11 is 0. The van der Waals surface area contributed by atoms with Crippen LogP contribution in [-0.2, 0) is 0 Å². The van der Waals surface area contributed by atoms with Gasteiger partial charge in [0, 0.05) is 13.2 Å². The molecule has 2 rings (SSSR count). The van der Waals surface area contributed by atoms with E-state index in [2.05, 4.69) is 12.2 Å². The van der Waals surface area contributed by atoms with E-state index in [-0.39, 0.29) is 0 Å². The van der Waals surface area contributed by atoms with Crippen LogP contribution in [0.3, 0.4) is 0 Å². The first-order valence-corrected chi connectivity index (χ1v) is 5.73. The van der Waals surface area contributed by atoms with Crippen molar-refractivity contribution in [3.05, 3.63) is 12.2 Å². The fourth-order valence-electron chi connectivity index (χ4n) is 3.25. The van der Waals surface area contributed by atoms with Gasteiger partial charge >= 0.3 is 0 Å². The number of aliphatic hydroxyl groups excluding tert-OH is 2. The highest BCUT2D eigenvalue weighted by molar-refractivity contribution is 5.00. The summed E-state index contributed by atoms with van der Waals surface area (Å²) in [6, 6.07) is 0. The average molecular weight is 196 g/mol. The molecule has 14 heavy (non-hydrogen) atoms. The molecule has 0 aromatic rings. The van der Waals surface area contributed by atoms with Gasteiger partial charge < -0.3 is 10.2 Å². The van der Waals surface area contributed by atoms with E-state index < -0.39 is 0 Å². The molecule has 0 saturated heterocycles. The molecule has 2 heteroatoms. The highest BCUT2D eigenvalue weighted by atomic mass is 16.3. The van der Waals surface area contributed by atoms with E-state index >= 15 is 0 Å². The Kier molecular flexibility index (Phi) is 3.24. The summed E-state index contributed by atoms with van der Waals surface area (Å²) in [5.41, 5.74) is 0. The molecule has 4 atom stereocenters. The van der Waals surface area contributed by atoms with E-state index in [0.29, 0.717) is 36.9 Å². The van der Waals surface area contributed by atoms with E-state index in [1.165, 1.54) is 0 Å². The van der Waals surface area contributed by atoms with Crippen LogP contribution >= 0.6 is 0 Å². The Hall–Kier alpha value is -0.340. The number of fused-ring (bicyclic) bond motifs is 1. The second-order valence-electron chi connectivity index (χ2n) is 4.73. The van der Waals surface area contributed by atoms with Gasteiger partial charge in [-0.05, 0) is 49.4 Å². The van der Waals surface area contributed by atoms with E-state index in [9.17, 15) is 10.2 Å². The van der Waals surface area contributed by atoms with Crippen molar-refractivity contribution in [1.29, 1.82) is 0 Å². The van der Waals surface area contributed by atoms with Crippen LogP contribution in [0.25, 0.3) is 0 Å². The number of aliphatic hydroxyl groups is 2. The lowest BCUT2D eigenvalue weighted by Gasteiger charge is -2.43. The van der Waals surface area contributed by atoms with Gasteiger partial charge in [0.25, 0.3) is 0 Å². The van der Waals surface area contributed by atoms with E-state index in [1.54, 1.807) is 0 Å². The summed E-state index contributed by atoms with van der Waals surface area (Å²) < 4.78 is 0.